The van der Waals surface area contributed by atoms with Gasteiger partial charge in [-0.1, -0.05) is 18.2 Å². The number of hydrogen-bond donors (Lipinski definition) is 1. The van der Waals surface area contributed by atoms with Crippen LogP contribution in [0, 0.1) is 0 Å². The van der Waals surface area contributed by atoms with Gasteiger partial charge in [0.1, 0.15) is 18.0 Å². The van der Waals surface area contributed by atoms with E-state index in [0.717, 1.165) is 18.4 Å². The van der Waals surface area contributed by atoms with Crippen molar-refractivity contribution in [2.24, 2.45) is 0 Å². The molecule has 2 amide bonds. The second kappa shape index (κ2) is 9.17. The molecule has 0 spiro atoms. The molecule has 2 aromatic carbocycles. The highest BCUT2D eigenvalue weighted by Gasteiger charge is 2.31. The molecule has 10 heteroatoms. The zero-order valence-electron chi connectivity index (χ0n) is 17.7. The Hall–Kier alpha value is -3.11. The summed E-state index contributed by atoms with van der Waals surface area (Å²) in [6.07, 6.45) is 1.68. The van der Waals surface area contributed by atoms with Crippen molar-refractivity contribution in [1.82, 2.24) is 9.62 Å². The molecule has 1 N–H and O–H groups in total. The van der Waals surface area contributed by atoms with Crippen LogP contribution in [-0.4, -0.2) is 57.9 Å². The number of nitrogens with one attached hydrogen (secondary N) is 1. The number of ether oxygens (including phenoxy) is 2. The van der Waals surface area contributed by atoms with E-state index in [4.69, 9.17) is 9.47 Å². The van der Waals surface area contributed by atoms with E-state index in [1.165, 1.54) is 27.4 Å². The van der Waals surface area contributed by atoms with Crippen LogP contribution in [0.1, 0.15) is 18.4 Å². The first kappa shape index (κ1) is 22.1. The third kappa shape index (κ3) is 4.42. The quantitative estimate of drug-likeness (QED) is 0.673. The molecule has 2 aromatic rings. The molecule has 0 atom stereocenters. The van der Waals surface area contributed by atoms with Gasteiger partial charge in [-0.25, -0.2) is 8.42 Å². The normalized spacial score (nSPS) is 16.4. The van der Waals surface area contributed by atoms with Crippen LogP contribution < -0.4 is 19.7 Å². The van der Waals surface area contributed by atoms with Gasteiger partial charge in [-0.2, -0.15) is 4.31 Å². The van der Waals surface area contributed by atoms with Crippen LogP contribution in [0.25, 0.3) is 0 Å². The first-order chi connectivity index (χ1) is 15.4. The Bertz CT molecular complexity index is 1130. The standard InChI is InChI=1S/C22H25N3O6S/c1-30-19-7-3-2-6-16(19)13-23-21(26)14-25-18-9-8-17(12-20(18)31-15-22(25)27)32(28,29)24-10-4-5-11-24/h2-3,6-9,12H,4-5,10-11,13-15H2,1H3,(H,23,26). The van der Waals surface area contributed by atoms with E-state index >= 15 is 0 Å². The molecule has 170 valence electrons. The molecule has 1 saturated heterocycles. The van der Waals surface area contributed by atoms with Crippen molar-refractivity contribution < 1.29 is 27.5 Å². The lowest BCUT2D eigenvalue weighted by Crippen LogP contribution is -2.45. The summed E-state index contributed by atoms with van der Waals surface area (Å²) in [6, 6.07) is 11.7. The van der Waals surface area contributed by atoms with Crippen LogP contribution in [0.2, 0.25) is 0 Å². The largest absolute Gasteiger partial charge is 0.496 e. The minimum atomic E-state index is -3.61. The Morgan fingerprint density at radius 3 is 2.66 bits per heavy atom. The van der Waals surface area contributed by atoms with Crippen LogP contribution in [0.4, 0.5) is 5.69 Å². The van der Waals surface area contributed by atoms with Crippen molar-refractivity contribution in [1.29, 1.82) is 0 Å². The lowest BCUT2D eigenvalue weighted by atomic mass is 10.2. The molecular weight excluding hydrogens is 434 g/mol. The van der Waals surface area contributed by atoms with Gasteiger partial charge in [0.05, 0.1) is 17.7 Å². The van der Waals surface area contributed by atoms with Crippen molar-refractivity contribution in [2.45, 2.75) is 24.3 Å². The van der Waals surface area contributed by atoms with Crippen LogP contribution in [0.15, 0.2) is 47.4 Å². The third-order valence-corrected chi connectivity index (χ3v) is 7.44. The summed E-state index contributed by atoms with van der Waals surface area (Å²) in [7, 11) is -2.06. The molecular formula is C22H25N3O6S. The number of carbonyl (C=O) groups excluding carboxylic acids is 2. The van der Waals surface area contributed by atoms with Crippen LogP contribution >= 0.6 is 0 Å². The molecule has 0 aliphatic carbocycles. The number of nitrogens with zero attached hydrogens (tertiary/aromatic N) is 2. The van der Waals surface area contributed by atoms with Gasteiger partial charge in [-0.05, 0) is 31.0 Å². The molecule has 0 aromatic heterocycles. The van der Waals surface area contributed by atoms with E-state index in [2.05, 4.69) is 5.32 Å². The van der Waals surface area contributed by atoms with Crippen LogP contribution in [-0.2, 0) is 26.2 Å². The first-order valence-electron chi connectivity index (χ1n) is 10.4. The van der Waals surface area contributed by atoms with Gasteiger partial charge in [-0.15, -0.1) is 0 Å². The number of anilines is 1. The smallest absolute Gasteiger partial charge is 0.265 e. The summed E-state index contributed by atoms with van der Waals surface area (Å²) in [5, 5.41) is 2.79. The zero-order chi connectivity index (χ0) is 22.7. The number of carbonyl (C=O) groups is 2. The molecule has 2 aliphatic heterocycles. The third-order valence-electron chi connectivity index (χ3n) is 5.55. The number of rotatable bonds is 7. The van der Waals surface area contributed by atoms with Crippen LogP contribution in [0.3, 0.4) is 0 Å². The average molecular weight is 460 g/mol. The highest BCUT2D eigenvalue weighted by Crippen LogP contribution is 2.35. The molecule has 1 fully saturated rings. The van der Waals surface area contributed by atoms with Crippen molar-refractivity contribution in [2.75, 3.05) is 38.3 Å². The molecule has 9 nitrogen and oxygen atoms in total. The fraction of sp³-hybridized carbons (Fsp3) is 0.364. The minimum absolute atomic E-state index is 0.119. The summed E-state index contributed by atoms with van der Waals surface area (Å²) in [5.74, 6) is 0.195. The van der Waals surface area contributed by atoms with Crippen molar-refractivity contribution in [3.05, 3.63) is 48.0 Å². The summed E-state index contributed by atoms with van der Waals surface area (Å²) in [4.78, 5) is 26.4. The van der Waals surface area contributed by atoms with E-state index in [9.17, 15) is 18.0 Å². The lowest BCUT2D eigenvalue weighted by Gasteiger charge is -2.29. The number of methoxy groups -OCH3 is 1. The number of benzene rings is 2. The Balaban J connectivity index is 1.48. The van der Waals surface area contributed by atoms with Gasteiger partial charge >= 0.3 is 0 Å². The number of amides is 2. The zero-order valence-corrected chi connectivity index (χ0v) is 18.6. The number of sulfonamides is 1. The summed E-state index contributed by atoms with van der Waals surface area (Å²) < 4.78 is 37.9. The van der Waals surface area contributed by atoms with Crippen molar-refractivity contribution in [3.8, 4) is 11.5 Å². The maximum Gasteiger partial charge on any atom is 0.265 e. The molecule has 0 saturated carbocycles. The summed E-state index contributed by atoms with van der Waals surface area (Å²) in [5.41, 5.74) is 1.18. The number of fused-ring (bicyclic) bond motifs is 1. The van der Waals surface area contributed by atoms with Gasteiger partial charge < -0.3 is 14.8 Å². The fourth-order valence-corrected chi connectivity index (χ4v) is 5.37. The SMILES string of the molecule is COc1ccccc1CNC(=O)CN1C(=O)COc2cc(S(=O)(=O)N3CCCC3)ccc21. The molecule has 4 rings (SSSR count). The molecule has 2 aliphatic rings. The topological polar surface area (TPSA) is 105 Å². The Kier molecular flexibility index (Phi) is 6.33. The predicted octanol–water partition coefficient (Wildman–Crippen LogP) is 1.52. The van der Waals surface area contributed by atoms with E-state index in [0.29, 0.717) is 24.5 Å². The van der Waals surface area contributed by atoms with E-state index in [-0.39, 0.29) is 42.2 Å². The first-order valence-corrected chi connectivity index (χ1v) is 11.8. The maximum atomic E-state index is 12.8. The summed E-state index contributed by atoms with van der Waals surface area (Å²) >= 11 is 0. The van der Waals surface area contributed by atoms with Crippen molar-refractivity contribution in [3.63, 3.8) is 0 Å². The second-order valence-electron chi connectivity index (χ2n) is 7.60. The number of para-hydroxylation sites is 1. The fourth-order valence-electron chi connectivity index (χ4n) is 3.84. The molecule has 0 radical (unpaired) electrons. The van der Waals surface area contributed by atoms with Crippen molar-refractivity contribution >= 4 is 27.5 Å². The molecule has 0 bridgehead atoms. The number of hydrogen-bond acceptors (Lipinski definition) is 6. The summed E-state index contributed by atoms with van der Waals surface area (Å²) in [6.45, 7) is 0.776. The lowest BCUT2D eigenvalue weighted by molar-refractivity contribution is -0.125. The van der Waals surface area contributed by atoms with E-state index < -0.39 is 10.0 Å². The molecule has 32 heavy (non-hydrogen) atoms. The minimum Gasteiger partial charge on any atom is -0.496 e. The maximum absolute atomic E-state index is 12.8. The second-order valence-corrected chi connectivity index (χ2v) is 9.54. The predicted molar refractivity (Wildman–Crippen MR) is 117 cm³/mol. The Morgan fingerprint density at radius 1 is 1.16 bits per heavy atom. The van der Waals surface area contributed by atoms with Gasteiger partial charge in [0.2, 0.25) is 15.9 Å². The monoisotopic (exact) mass is 459 g/mol. The highest BCUT2D eigenvalue weighted by molar-refractivity contribution is 7.89. The Labute approximate surface area is 187 Å². The highest BCUT2D eigenvalue weighted by atomic mass is 32.2. The van der Waals surface area contributed by atoms with Crippen LogP contribution in [0.5, 0.6) is 11.5 Å². The Morgan fingerprint density at radius 2 is 1.91 bits per heavy atom. The molecule has 0 unspecified atom stereocenters. The average Bonchev–Trinajstić information content (AvgIpc) is 3.35. The van der Waals surface area contributed by atoms with Gasteiger partial charge in [0, 0.05) is 31.3 Å². The van der Waals surface area contributed by atoms with Gasteiger partial charge in [0.15, 0.2) is 6.61 Å². The van der Waals surface area contributed by atoms with Gasteiger partial charge in [-0.3, -0.25) is 14.5 Å². The van der Waals surface area contributed by atoms with Gasteiger partial charge in [0.25, 0.3) is 5.91 Å². The van der Waals surface area contributed by atoms with E-state index in [1.807, 2.05) is 18.2 Å². The van der Waals surface area contributed by atoms with E-state index in [1.54, 1.807) is 13.2 Å². The molecule has 2 heterocycles.